The van der Waals surface area contributed by atoms with Crippen LogP contribution in [0.3, 0.4) is 0 Å². The van der Waals surface area contributed by atoms with E-state index in [2.05, 4.69) is 46.1 Å². The zero-order valence-electron chi connectivity index (χ0n) is 11.7. The maximum atomic E-state index is 5.89. The Morgan fingerprint density at radius 3 is 2.65 bits per heavy atom. The molecule has 1 aromatic heterocycles. The van der Waals surface area contributed by atoms with Gasteiger partial charge in [-0.25, -0.2) is 0 Å². The summed E-state index contributed by atoms with van der Waals surface area (Å²) >= 11 is 5.89. The Hall–Kier alpha value is -1.52. The van der Waals surface area contributed by atoms with Crippen LogP contribution >= 0.6 is 11.6 Å². The molecule has 20 heavy (non-hydrogen) atoms. The molecule has 0 bridgehead atoms. The molecule has 4 nitrogen and oxygen atoms in total. The summed E-state index contributed by atoms with van der Waals surface area (Å²) in [6.45, 7) is 7.16. The number of hydrogen-bond acceptors (Lipinski definition) is 3. The lowest BCUT2D eigenvalue weighted by Crippen LogP contribution is -2.46. The average Bonchev–Trinajstić information content (AvgIpc) is 2.85. The highest BCUT2D eigenvalue weighted by atomic mass is 35.5. The van der Waals surface area contributed by atoms with E-state index < -0.39 is 0 Å². The van der Waals surface area contributed by atoms with Gasteiger partial charge in [0.2, 0.25) is 0 Å². The number of rotatable bonds is 3. The quantitative estimate of drug-likeness (QED) is 0.868. The van der Waals surface area contributed by atoms with Crippen LogP contribution in [0, 0.1) is 6.92 Å². The van der Waals surface area contributed by atoms with Crippen LogP contribution in [0.25, 0.3) is 0 Å². The molecule has 0 unspecified atom stereocenters. The summed E-state index contributed by atoms with van der Waals surface area (Å²) in [5.41, 5.74) is 2.64. The molecule has 1 aliphatic rings. The van der Waals surface area contributed by atoms with Gasteiger partial charge in [0.05, 0.1) is 17.9 Å². The van der Waals surface area contributed by atoms with Gasteiger partial charge in [-0.05, 0) is 24.6 Å². The van der Waals surface area contributed by atoms with Crippen LogP contribution in [0.5, 0.6) is 0 Å². The summed E-state index contributed by atoms with van der Waals surface area (Å²) in [4.78, 5) is 4.84. The van der Waals surface area contributed by atoms with Gasteiger partial charge in [-0.1, -0.05) is 23.7 Å². The first-order valence-corrected chi connectivity index (χ1v) is 7.30. The first kappa shape index (κ1) is 13.5. The van der Waals surface area contributed by atoms with E-state index in [1.807, 2.05) is 10.9 Å². The first-order chi connectivity index (χ1) is 9.70. The Labute approximate surface area is 124 Å². The third-order valence-electron chi connectivity index (χ3n) is 3.69. The number of aromatic nitrogens is 2. The van der Waals surface area contributed by atoms with Gasteiger partial charge in [-0.3, -0.25) is 9.58 Å². The summed E-state index contributed by atoms with van der Waals surface area (Å²) in [5.74, 6) is 0. The maximum Gasteiger partial charge on any atom is 0.0930 e. The highest BCUT2D eigenvalue weighted by Crippen LogP contribution is 2.18. The summed E-state index contributed by atoms with van der Waals surface area (Å²) in [7, 11) is 0. The Balaban J connectivity index is 1.57. The fraction of sp³-hybridized carbons (Fsp3) is 0.400. The highest BCUT2D eigenvalue weighted by molar-refractivity contribution is 6.30. The second-order valence-electron chi connectivity index (χ2n) is 5.28. The van der Waals surface area contributed by atoms with Gasteiger partial charge < -0.3 is 4.90 Å². The lowest BCUT2D eigenvalue weighted by Gasteiger charge is -2.36. The molecule has 106 valence electrons. The molecular formula is C15H19ClN4. The fourth-order valence-corrected chi connectivity index (χ4v) is 2.75. The number of anilines is 1. The van der Waals surface area contributed by atoms with Crippen LogP contribution in [-0.4, -0.2) is 40.9 Å². The average molecular weight is 291 g/mol. The normalized spacial score (nSPS) is 16.6. The number of halogens is 1. The maximum absolute atomic E-state index is 5.89. The van der Waals surface area contributed by atoms with Crippen molar-refractivity contribution in [2.75, 3.05) is 31.1 Å². The van der Waals surface area contributed by atoms with Crippen molar-refractivity contribution in [1.29, 1.82) is 0 Å². The second-order valence-corrected chi connectivity index (χ2v) is 5.72. The molecule has 0 saturated carbocycles. The van der Waals surface area contributed by atoms with Crippen molar-refractivity contribution in [3.8, 4) is 0 Å². The van der Waals surface area contributed by atoms with E-state index in [-0.39, 0.29) is 0 Å². The van der Waals surface area contributed by atoms with Crippen LogP contribution in [0.15, 0.2) is 36.7 Å². The monoisotopic (exact) mass is 290 g/mol. The van der Waals surface area contributed by atoms with Crippen molar-refractivity contribution >= 4 is 17.3 Å². The Morgan fingerprint density at radius 1 is 1.20 bits per heavy atom. The summed E-state index contributed by atoms with van der Waals surface area (Å²) < 4.78 is 1.89. The third-order valence-corrected chi connectivity index (χ3v) is 3.88. The summed E-state index contributed by atoms with van der Waals surface area (Å²) in [6, 6.07) is 8.71. The van der Waals surface area contributed by atoms with Gasteiger partial charge >= 0.3 is 0 Å². The molecule has 0 radical (unpaired) electrons. The molecule has 0 amide bonds. The Bertz CT molecular complexity index is 573. The lowest BCUT2D eigenvalue weighted by molar-refractivity contribution is 0.196. The van der Waals surface area contributed by atoms with Crippen molar-refractivity contribution in [1.82, 2.24) is 14.7 Å². The molecule has 1 aromatic carbocycles. The molecule has 3 rings (SSSR count). The molecule has 2 aromatic rings. The molecule has 1 aliphatic heterocycles. The number of piperazine rings is 1. The summed E-state index contributed by atoms with van der Waals surface area (Å²) in [5, 5.41) is 4.93. The largest absolute Gasteiger partial charge is 0.369 e. The van der Waals surface area contributed by atoms with Gasteiger partial charge in [0.15, 0.2) is 0 Å². The van der Waals surface area contributed by atoms with E-state index in [0.717, 1.165) is 32.8 Å². The van der Waals surface area contributed by atoms with E-state index in [0.29, 0.717) is 5.02 Å². The number of aryl methyl sites for hydroxylation is 1. The molecule has 0 N–H and O–H groups in total. The van der Waals surface area contributed by atoms with Crippen molar-refractivity contribution < 1.29 is 0 Å². The fourth-order valence-electron chi connectivity index (χ4n) is 2.59. The Morgan fingerprint density at radius 2 is 2.00 bits per heavy atom. The third kappa shape index (κ3) is 3.14. The lowest BCUT2D eigenvalue weighted by atomic mass is 10.2. The zero-order valence-corrected chi connectivity index (χ0v) is 12.4. The second kappa shape index (κ2) is 5.85. The van der Waals surface area contributed by atoms with E-state index in [1.165, 1.54) is 11.3 Å². The number of nitrogens with zero attached hydrogens (tertiary/aromatic N) is 4. The van der Waals surface area contributed by atoms with Crippen molar-refractivity contribution in [3.63, 3.8) is 0 Å². The predicted octanol–water partition coefficient (Wildman–Crippen LogP) is 2.62. The number of hydrogen-bond donors (Lipinski definition) is 0. The topological polar surface area (TPSA) is 24.3 Å². The predicted molar refractivity (Wildman–Crippen MR) is 82.2 cm³/mol. The molecule has 0 aliphatic carbocycles. The van der Waals surface area contributed by atoms with Crippen molar-refractivity contribution in [2.24, 2.45) is 0 Å². The molecule has 0 atom stereocenters. The van der Waals surface area contributed by atoms with Gasteiger partial charge in [0, 0.05) is 38.1 Å². The summed E-state index contributed by atoms with van der Waals surface area (Å²) in [6.07, 6.45) is 3.55. The zero-order chi connectivity index (χ0) is 13.9. The van der Waals surface area contributed by atoms with Crippen LogP contribution in [0.2, 0.25) is 5.02 Å². The molecule has 0 spiro atoms. The SMILES string of the molecule is Cc1cccc(N2CCN(Cn3cc(Cl)cn3)CC2)c1. The van der Waals surface area contributed by atoms with Gasteiger partial charge in [-0.15, -0.1) is 0 Å². The van der Waals surface area contributed by atoms with E-state index in [9.17, 15) is 0 Å². The van der Waals surface area contributed by atoms with Gasteiger partial charge in [0.25, 0.3) is 0 Å². The molecule has 1 fully saturated rings. The molecule has 1 saturated heterocycles. The minimum Gasteiger partial charge on any atom is -0.369 e. The smallest absolute Gasteiger partial charge is 0.0930 e. The number of benzene rings is 1. The van der Waals surface area contributed by atoms with Crippen LogP contribution in [-0.2, 0) is 6.67 Å². The standard InChI is InChI=1S/C15H19ClN4/c1-13-3-2-4-15(9-13)19-7-5-18(6-8-19)12-20-11-14(16)10-17-20/h2-4,9-11H,5-8,12H2,1H3. The molecular weight excluding hydrogens is 272 g/mol. The minimum absolute atomic E-state index is 0.698. The van der Waals surface area contributed by atoms with Crippen molar-refractivity contribution in [2.45, 2.75) is 13.6 Å². The Kier molecular flexibility index (Phi) is 3.94. The molecule has 5 heteroatoms. The van der Waals surface area contributed by atoms with Crippen LogP contribution < -0.4 is 4.90 Å². The van der Waals surface area contributed by atoms with Gasteiger partial charge in [-0.2, -0.15) is 5.10 Å². The minimum atomic E-state index is 0.698. The van der Waals surface area contributed by atoms with Gasteiger partial charge in [0.1, 0.15) is 0 Å². The van der Waals surface area contributed by atoms with Crippen molar-refractivity contribution in [3.05, 3.63) is 47.2 Å². The first-order valence-electron chi connectivity index (χ1n) is 6.93. The molecule has 2 heterocycles. The van der Waals surface area contributed by atoms with E-state index in [1.54, 1.807) is 6.20 Å². The highest BCUT2D eigenvalue weighted by Gasteiger charge is 2.17. The van der Waals surface area contributed by atoms with Crippen LogP contribution in [0.1, 0.15) is 5.56 Å². The van der Waals surface area contributed by atoms with E-state index >= 15 is 0 Å². The van der Waals surface area contributed by atoms with E-state index in [4.69, 9.17) is 11.6 Å². The van der Waals surface area contributed by atoms with Crippen LogP contribution in [0.4, 0.5) is 5.69 Å².